The van der Waals surface area contributed by atoms with Crippen LogP contribution in [0.3, 0.4) is 0 Å². The molecular weight excluding hydrogens is 287 g/mol. The van der Waals surface area contributed by atoms with E-state index in [9.17, 15) is 12.8 Å². The summed E-state index contributed by atoms with van der Waals surface area (Å²) in [5, 5.41) is 2.50. The molecular formula is C12H13FN2O2S2. The number of sulfonamides is 1. The zero-order chi connectivity index (χ0) is 14.0. The van der Waals surface area contributed by atoms with E-state index in [2.05, 4.69) is 4.98 Å². The Balaban J connectivity index is 2.28. The first kappa shape index (κ1) is 14.1. The maximum absolute atomic E-state index is 13.2. The van der Waals surface area contributed by atoms with Crippen molar-refractivity contribution >= 4 is 21.4 Å². The first-order valence-corrected chi connectivity index (χ1v) is 7.84. The van der Waals surface area contributed by atoms with Crippen LogP contribution in [-0.2, 0) is 16.6 Å². The highest BCUT2D eigenvalue weighted by Crippen LogP contribution is 2.19. The molecule has 0 N–H and O–H groups in total. The molecule has 0 amide bonds. The molecule has 0 saturated heterocycles. The zero-order valence-electron chi connectivity index (χ0n) is 10.5. The van der Waals surface area contributed by atoms with Crippen molar-refractivity contribution in [1.29, 1.82) is 0 Å². The van der Waals surface area contributed by atoms with Gasteiger partial charge in [0, 0.05) is 18.6 Å². The average Bonchev–Trinajstić information content (AvgIpc) is 2.85. The largest absolute Gasteiger partial charge is 0.248 e. The molecule has 0 fully saturated rings. The lowest BCUT2D eigenvalue weighted by Gasteiger charge is -2.16. The molecule has 0 bridgehead atoms. The topological polar surface area (TPSA) is 50.3 Å². The van der Waals surface area contributed by atoms with E-state index in [1.165, 1.54) is 47.8 Å². The standard InChI is InChI=1S/C12H13FN2O2S2/c1-9-7-10(3-4-11(9)13)19(16,17)15(2)8-12-14-5-6-18-12/h3-7H,8H2,1-2H3. The Kier molecular flexibility index (Phi) is 3.98. The molecule has 0 radical (unpaired) electrons. The second kappa shape index (κ2) is 5.36. The van der Waals surface area contributed by atoms with Crippen LogP contribution in [0.5, 0.6) is 0 Å². The number of hydrogen-bond acceptors (Lipinski definition) is 4. The van der Waals surface area contributed by atoms with E-state index in [4.69, 9.17) is 0 Å². The van der Waals surface area contributed by atoms with Gasteiger partial charge in [0.1, 0.15) is 10.8 Å². The summed E-state index contributed by atoms with van der Waals surface area (Å²) in [4.78, 5) is 4.14. The average molecular weight is 300 g/mol. The predicted molar refractivity (Wildman–Crippen MR) is 71.9 cm³/mol. The summed E-state index contributed by atoms with van der Waals surface area (Å²) >= 11 is 1.39. The van der Waals surface area contributed by atoms with Gasteiger partial charge in [-0.2, -0.15) is 4.31 Å². The van der Waals surface area contributed by atoms with Crippen LogP contribution < -0.4 is 0 Å². The molecule has 2 rings (SSSR count). The van der Waals surface area contributed by atoms with E-state index < -0.39 is 15.8 Å². The van der Waals surface area contributed by atoms with Crippen LogP contribution in [0.1, 0.15) is 10.6 Å². The van der Waals surface area contributed by atoms with Gasteiger partial charge >= 0.3 is 0 Å². The first-order chi connectivity index (χ1) is 8.91. The molecule has 0 aliphatic carbocycles. The number of hydrogen-bond donors (Lipinski definition) is 0. The third kappa shape index (κ3) is 2.99. The Hall–Kier alpha value is -1.31. The highest BCUT2D eigenvalue weighted by Gasteiger charge is 2.22. The van der Waals surface area contributed by atoms with Crippen molar-refractivity contribution in [2.45, 2.75) is 18.4 Å². The SMILES string of the molecule is Cc1cc(S(=O)(=O)N(C)Cc2nccs2)ccc1F. The predicted octanol–water partition coefficient (Wildman–Crippen LogP) is 2.41. The van der Waals surface area contributed by atoms with Gasteiger partial charge in [-0.25, -0.2) is 17.8 Å². The molecule has 19 heavy (non-hydrogen) atoms. The maximum Gasteiger partial charge on any atom is 0.243 e. The number of rotatable bonds is 4. The number of nitrogens with zero attached hydrogens (tertiary/aromatic N) is 2. The molecule has 4 nitrogen and oxygen atoms in total. The Labute approximate surface area is 115 Å². The quantitative estimate of drug-likeness (QED) is 0.871. The third-order valence-corrected chi connectivity index (χ3v) is 5.24. The Morgan fingerprint density at radius 2 is 2.16 bits per heavy atom. The van der Waals surface area contributed by atoms with Crippen LogP contribution >= 0.6 is 11.3 Å². The van der Waals surface area contributed by atoms with Gasteiger partial charge in [-0.05, 0) is 30.7 Å². The van der Waals surface area contributed by atoms with E-state index in [-0.39, 0.29) is 11.4 Å². The Bertz CT molecular complexity index is 669. The summed E-state index contributed by atoms with van der Waals surface area (Å²) in [5.41, 5.74) is 0.309. The molecule has 0 aliphatic heterocycles. The molecule has 2 aromatic rings. The van der Waals surface area contributed by atoms with Crippen molar-refractivity contribution in [3.05, 3.63) is 46.2 Å². The Morgan fingerprint density at radius 3 is 2.74 bits per heavy atom. The van der Waals surface area contributed by atoms with Gasteiger partial charge in [0.05, 0.1) is 11.4 Å². The van der Waals surface area contributed by atoms with Crippen LogP contribution in [0.25, 0.3) is 0 Å². The summed E-state index contributed by atoms with van der Waals surface area (Å²) in [6, 6.07) is 3.78. The fourth-order valence-corrected chi connectivity index (χ4v) is 3.53. The summed E-state index contributed by atoms with van der Waals surface area (Å²) in [7, 11) is -2.14. The molecule has 1 aromatic heterocycles. The van der Waals surface area contributed by atoms with Crippen molar-refractivity contribution in [3.8, 4) is 0 Å². The van der Waals surface area contributed by atoms with E-state index in [0.717, 1.165) is 0 Å². The van der Waals surface area contributed by atoms with Crippen LogP contribution in [-0.4, -0.2) is 24.8 Å². The number of aromatic nitrogens is 1. The van der Waals surface area contributed by atoms with E-state index in [1.54, 1.807) is 11.6 Å². The molecule has 0 saturated carbocycles. The molecule has 102 valence electrons. The van der Waals surface area contributed by atoms with Gasteiger partial charge in [-0.15, -0.1) is 11.3 Å². The molecule has 0 atom stereocenters. The van der Waals surface area contributed by atoms with Crippen molar-refractivity contribution in [1.82, 2.24) is 9.29 Å². The summed E-state index contributed by atoms with van der Waals surface area (Å²) < 4.78 is 39.0. The fraction of sp³-hybridized carbons (Fsp3) is 0.250. The van der Waals surface area contributed by atoms with Crippen molar-refractivity contribution < 1.29 is 12.8 Å². The molecule has 1 aromatic carbocycles. The lowest BCUT2D eigenvalue weighted by molar-refractivity contribution is 0.465. The van der Waals surface area contributed by atoms with Gasteiger partial charge in [0.2, 0.25) is 10.0 Å². The van der Waals surface area contributed by atoms with E-state index >= 15 is 0 Å². The van der Waals surface area contributed by atoms with Crippen LogP contribution in [0.4, 0.5) is 4.39 Å². The van der Waals surface area contributed by atoms with Gasteiger partial charge in [-0.1, -0.05) is 0 Å². The van der Waals surface area contributed by atoms with Gasteiger partial charge in [0.15, 0.2) is 0 Å². The highest BCUT2D eigenvalue weighted by molar-refractivity contribution is 7.89. The highest BCUT2D eigenvalue weighted by atomic mass is 32.2. The van der Waals surface area contributed by atoms with Crippen LogP contribution in [0.15, 0.2) is 34.7 Å². The zero-order valence-corrected chi connectivity index (χ0v) is 12.1. The van der Waals surface area contributed by atoms with E-state index in [1.807, 2.05) is 0 Å². The smallest absolute Gasteiger partial charge is 0.243 e. The minimum Gasteiger partial charge on any atom is -0.248 e. The molecule has 0 unspecified atom stereocenters. The number of halogens is 1. The fourth-order valence-electron chi connectivity index (χ4n) is 1.56. The van der Waals surface area contributed by atoms with Gasteiger partial charge in [-0.3, -0.25) is 0 Å². The van der Waals surface area contributed by atoms with Crippen LogP contribution in [0, 0.1) is 12.7 Å². The maximum atomic E-state index is 13.2. The van der Waals surface area contributed by atoms with Crippen molar-refractivity contribution in [2.24, 2.45) is 0 Å². The summed E-state index contributed by atoms with van der Waals surface area (Å²) in [6.07, 6.45) is 1.63. The molecule has 7 heteroatoms. The lowest BCUT2D eigenvalue weighted by Crippen LogP contribution is -2.26. The second-order valence-corrected chi connectivity index (χ2v) is 7.12. The lowest BCUT2D eigenvalue weighted by atomic mass is 10.2. The third-order valence-electron chi connectivity index (χ3n) is 2.68. The van der Waals surface area contributed by atoms with E-state index in [0.29, 0.717) is 10.6 Å². The van der Waals surface area contributed by atoms with Gasteiger partial charge in [0.25, 0.3) is 0 Å². The van der Waals surface area contributed by atoms with Crippen molar-refractivity contribution in [2.75, 3.05) is 7.05 Å². The van der Waals surface area contributed by atoms with Gasteiger partial charge < -0.3 is 0 Å². The minimum atomic E-state index is -3.62. The second-order valence-electron chi connectivity index (χ2n) is 4.10. The summed E-state index contributed by atoms with van der Waals surface area (Å²) in [6.45, 7) is 1.74. The number of benzene rings is 1. The summed E-state index contributed by atoms with van der Waals surface area (Å²) in [5.74, 6) is -0.415. The van der Waals surface area contributed by atoms with Crippen molar-refractivity contribution in [3.63, 3.8) is 0 Å². The number of aryl methyl sites for hydroxylation is 1. The molecule has 0 aliphatic rings. The minimum absolute atomic E-state index is 0.0884. The Morgan fingerprint density at radius 1 is 1.42 bits per heavy atom. The number of thiazole rings is 1. The normalized spacial score (nSPS) is 12.0. The monoisotopic (exact) mass is 300 g/mol. The first-order valence-electron chi connectivity index (χ1n) is 5.52. The molecule has 0 spiro atoms. The molecule has 1 heterocycles. The van der Waals surface area contributed by atoms with Crippen LogP contribution in [0.2, 0.25) is 0 Å².